The minimum atomic E-state index is 0.0351. The third-order valence-corrected chi connectivity index (χ3v) is 4.07. The Morgan fingerprint density at radius 3 is 2.69 bits per heavy atom. The molecule has 3 rings (SSSR count). The largest absolute Gasteiger partial charge is 0.359 e. The molecule has 0 amide bonds. The van der Waals surface area contributed by atoms with Crippen molar-refractivity contribution in [2.24, 2.45) is 0 Å². The van der Waals surface area contributed by atoms with Gasteiger partial charge in [0.15, 0.2) is 5.78 Å². The average Bonchev–Trinajstić information content (AvgIpc) is 2.67. The van der Waals surface area contributed by atoms with Gasteiger partial charge in [0.2, 0.25) is 0 Å². The Hall–Kier alpha value is -3.28. The van der Waals surface area contributed by atoms with E-state index < -0.39 is 0 Å². The molecule has 0 aliphatic carbocycles. The first-order chi connectivity index (χ1) is 12.6. The second-order valence-electron chi connectivity index (χ2n) is 6.05. The number of ketones is 1. The number of benzene rings is 1. The molecule has 6 nitrogen and oxygen atoms in total. The first-order valence-electron chi connectivity index (χ1n) is 8.42. The van der Waals surface area contributed by atoms with Gasteiger partial charge in [-0.15, -0.1) is 0 Å². The summed E-state index contributed by atoms with van der Waals surface area (Å²) in [5, 5.41) is 3.23. The molecule has 0 unspecified atom stereocenters. The topological polar surface area (TPSA) is 71.0 Å². The predicted molar refractivity (Wildman–Crippen MR) is 103 cm³/mol. The first-order valence-corrected chi connectivity index (χ1v) is 8.42. The molecule has 0 radical (unpaired) electrons. The third kappa shape index (κ3) is 4.63. The average molecular weight is 347 g/mol. The lowest BCUT2D eigenvalue weighted by Gasteiger charge is -2.18. The Morgan fingerprint density at radius 2 is 1.92 bits per heavy atom. The van der Waals surface area contributed by atoms with Crippen LogP contribution < -0.4 is 10.2 Å². The van der Waals surface area contributed by atoms with Gasteiger partial charge in [-0.3, -0.25) is 9.78 Å². The van der Waals surface area contributed by atoms with Crippen LogP contribution in [0.5, 0.6) is 0 Å². The number of carbonyl (C=O) groups excluding carboxylic acids is 1. The standard InChI is InChI=1S/C20H21N5O/c1-15(26)17-4-3-5-18(12-17)24-19-13-20(23-14-22-19)25(2)11-8-16-6-9-21-10-7-16/h3-7,9-10,12-14H,8,11H2,1-2H3,(H,22,23,24). The number of carbonyl (C=O) groups is 1. The molecule has 0 saturated carbocycles. The molecular formula is C20H21N5O. The van der Waals surface area contributed by atoms with Crippen LogP contribution in [0.2, 0.25) is 0 Å². The molecule has 2 heterocycles. The molecule has 0 bridgehead atoms. The molecule has 6 heteroatoms. The van der Waals surface area contributed by atoms with Crippen LogP contribution in [0.3, 0.4) is 0 Å². The molecule has 1 N–H and O–H groups in total. The van der Waals surface area contributed by atoms with Crippen molar-refractivity contribution in [1.29, 1.82) is 0 Å². The quantitative estimate of drug-likeness (QED) is 0.660. The van der Waals surface area contributed by atoms with Gasteiger partial charge < -0.3 is 10.2 Å². The molecule has 0 aliphatic rings. The Bertz CT molecular complexity index is 882. The van der Waals surface area contributed by atoms with Gasteiger partial charge in [0, 0.05) is 43.3 Å². The SMILES string of the molecule is CC(=O)c1cccc(Nc2cc(N(C)CCc3ccncc3)ncn2)c1. The number of nitrogens with one attached hydrogen (secondary N) is 1. The van der Waals surface area contributed by atoms with Crippen LogP contribution in [0.1, 0.15) is 22.8 Å². The molecule has 0 saturated heterocycles. The van der Waals surface area contributed by atoms with Gasteiger partial charge >= 0.3 is 0 Å². The summed E-state index contributed by atoms with van der Waals surface area (Å²) in [5.74, 6) is 1.55. The highest BCUT2D eigenvalue weighted by Gasteiger charge is 2.06. The van der Waals surface area contributed by atoms with Crippen LogP contribution >= 0.6 is 0 Å². The summed E-state index contributed by atoms with van der Waals surface area (Å²) in [6, 6.07) is 13.3. The van der Waals surface area contributed by atoms with E-state index in [1.165, 1.54) is 11.9 Å². The molecule has 0 fully saturated rings. The molecule has 3 aromatic rings. The normalized spacial score (nSPS) is 10.4. The number of anilines is 3. The van der Waals surface area contributed by atoms with Crippen molar-refractivity contribution in [3.63, 3.8) is 0 Å². The van der Waals surface area contributed by atoms with E-state index in [9.17, 15) is 4.79 Å². The minimum Gasteiger partial charge on any atom is -0.359 e. The summed E-state index contributed by atoms with van der Waals surface area (Å²) < 4.78 is 0. The van der Waals surface area contributed by atoms with Crippen LogP contribution in [0, 0.1) is 0 Å². The maximum Gasteiger partial charge on any atom is 0.159 e. The van der Waals surface area contributed by atoms with E-state index in [1.807, 2.05) is 43.4 Å². The second kappa shape index (κ2) is 8.20. The van der Waals surface area contributed by atoms with Gasteiger partial charge in [-0.05, 0) is 43.2 Å². The van der Waals surface area contributed by atoms with Crippen molar-refractivity contribution < 1.29 is 4.79 Å². The van der Waals surface area contributed by atoms with Crippen LogP contribution in [-0.4, -0.2) is 34.3 Å². The number of hydrogen-bond acceptors (Lipinski definition) is 6. The molecular weight excluding hydrogens is 326 g/mol. The predicted octanol–water partition coefficient (Wildman–Crippen LogP) is 3.50. The molecule has 132 valence electrons. The number of rotatable bonds is 7. The van der Waals surface area contributed by atoms with Crippen LogP contribution in [0.4, 0.5) is 17.3 Å². The van der Waals surface area contributed by atoms with E-state index in [1.54, 1.807) is 25.4 Å². The fourth-order valence-corrected chi connectivity index (χ4v) is 2.55. The molecule has 2 aromatic heterocycles. The number of nitrogens with zero attached hydrogens (tertiary/aromatic N) is 4. The summed E-state index contributed by atoms with van der Waals surface area (Å²) in [5.41, 5.74) is 2.72. The van der Waals surface area contributed by atoms with E-state index in [0.29, 0.717) is 11.4 Å². The van der Waals surface area contributed by atoms with Crippen LogP contribution in [0.25, 0.3) is 0 Å². The lowest BCUT2D eigenvalue weighted by molar-refractivity contribution is 0.101. The Balaban J connectivity index is 1.67. The van der Waals surface area contributed by atoms with E-state index in [2.05, 4.69) is 25.2 Å². The Morgan fingerprint density at radius 1 is 1.12 bits per heavy atom. The van der Waals surface area contributed by atoms with E-state index >= 15 is 0 Å². The molecule has 0 atom stereocenters. The molecule has 1 aromatic carbocycles. The summed E-state index contributed by atoms with van der Waals surface area (Å²) in [7, 11) is 2.00. The molecule has 26 heavy (non-hydrogen) atoms. The number of likely N-dealkylation sites (N-methyl/N-ethyl adjacent to an activating group) is 1. The Kier molecular flexibility index (Phi) is 5.53. The Labute approximate surface area is 153 Å². The van der Waals surface area contributed by atoms with Crippen molar-refractivity contribution >= 4 is 23.1 Å². The zero-order chi connectivity index (χ0) is 18.4. The fourth-order valence-electron chi connectivity index (χ4n) is 2.55. The van der Waals surface area contributed by atoms with Crippen molar-refractivity contribution in [2.45, 2.75) is 13.3 Å². The lowest BCUT2D eigenvalue weighted by atomic mass is 10.1. The highest BCUT2D eigenvalue weighted by Crippen LogP contribution is 2.19. The van der Waals surface area contributed by atoms with Gasteiger partial charge in [0.1, 0.15) is 18.0 Å². The van der Waals surface area contributed by atoms with E-state index in [0.717, 1.165) is 24.5 Å². The van der Waals surface area contributed by atoms with Gasteiger partial charge in [-0.1, -0.05) is 12.1 Å². The smallest absolute Gasteiger partial charge is 0.159 e. The molecule has 0 aliphatic heterocycles. The van der Waals surface area contributed by atoms with Gasteiger partial charge in [0.25, 0.3) is 0 Å². The number of pyridine rings is 1. The number of Topliss-reactive ketones (excluding diaryl/α,β-unsaturated/α-hetero) is 1. The zero-order valence-corrected chi connectivity index (χ0v) is 14.9. The van der Waals surface area contributed by atoms with Crippen LogP contribution in [0.15, 0.2) is 61.2 Å². The van der Waals surface area contributed by atoms with Crippen molar-refractivity contribution in [1.82, 2.24) is 15.0 Å². The monoisotopic (exact) mass is 347 g/mol. The maximum atomic E-state index is 11.5. The zero-order valence-electron chi connectivity index (χ0n) is 14.9. The number of hydrogen-bond donors (Lipinski definition) is 1. The third-order valence-electron chi connectivity index (χ3n) is 4.07. The van der Waals surface area contributed by atoms with Crippen molar-refractivity contribution in [3.8, 4) is 0 Å². The fraction of sp³-hybridized carbons (Fsp3) is 0.200. The van der Waals surface area contributed by atoms with Gasteiger partial charge in [0.05, 0.1) is 0 Å². The highest BCUT2D eigenvalue weighted by atomic mass is 16.1. The van der Waals surface area contributed by atoms with Crippen molar-refractivity contribution in [3.05, 3.63) is 72.3 Å². The van der Waals surface area contributed by atoms with Crippen LogP contribution in [-0.2, 0) is 6.42 Å². The summed E-state index contributed by atoms with van der Waals surface area (Å²) in [6.07, 6.45) is 6.05. The summed E-state index contributed by atoms with van der Waals surface area (Å²) in [6.45, 7) is 2.39. The highest BCUT2D eigenvalue weighted by molar-refractivity contribution is 5.95. The minimum absolute atomic E-state index is 0.0351. The van der Waals surface area contributed by atoms with Crippen molar-refractivity contribution in [2.75, 3.05) is 23.8 Å². The first kappa shape index (κ1) is 17.5. The van der Waals surface area contributed by atoms with E-state index in [4.69, 9.17) is 0 Å². The van der Waals surface area contributed by atoms with Gasteiger partial charge in [-0.2, -0.15) is 0 Å². The molecule has 0 spiro atoms. The number of aromatic nitrogens is 3. The van der Waals surface area contributed by atoms with Gasteiger partial charge in [-0.25, -0.2) is 9.97 Å². The second-order valence-corrected chi connectivity index (χ2v) is 6.05. The summed E-state index contributed by atoms with van der Waals surface area (Å²) in [4.78, 5) is 26.3. The lowest BCUT2D eigenvalue weighted by Crippen LogP contribution is -2.21. The maximum absolute atomic E-state index is 11.5. The summed E-state index contributed by atoms with van der Waals surface area (Å²) >= 11 is 0. The van der Waals surface area contributed by atoms with E-state index in [-0.39, 0.29) is 5.78 Å².